The van der Waals surface area contributed by atoms with Gasteiger partial charge in [-0.25, -0.2) is 4.79 Å². The van der Waals surface area contributed by atoms with Gasteiger partial charge in [0.25, 0.3) is 0 Å². The summed E-state index contributed by atoms with van der Waals surface area (Å²) in [7, 11) is 0. The van der Waals surface area contributed by atoms with Gasteiger partial charge in [0, 0.05) is 12.1 Å². The maximum Gasteiger partial charge on any atom is 0.409 e. The molecular weight excluding hydrogens is 180 g/mol. The highest BCUT2D eigenvalue weighted by molar-refractivity contribution is 5.68. The maximum atomic E-state index is 10.6. The predicted octanol–water partition coefficient (Wildman–Crippen LogP) is 0.790. The van der Waals surface area contributed by atoms with Gasteiger partial charge >= 0.3 is 6.09 Å². The summed E-state index contributed by atoms with van der Waals surface area (Å²) in [6.45, 7) is 1.70. The zero-order valence-corrected chi connectivity index (χ0v) is 7.75. The number of primary amides is 1. The predicted molar refractivity (Wildman–Crippen MR) is 52.1 cm³/mol. The van der Waals surface area contributed by atoms with Gasteiger partial charge in [-0.15, -0.1) is 0 Å². The summed E-state index contributed by atoms with van der Waals surface area (Å²) in [6.07, 6.45) is 0.203. The van der Waals surface area contributed by atoms with Crippen LogP contribution in [0.1, 0.15) is 11.1 Å². The number of ether oxygens (including phenoxy) is 1. The number of carbonyl (C=O) groups is 1. The van der Waals surface area contributed by atoms with E-state index in [1.807, 2.05) is 12.1 Å². The molecular formula is C10H12N2O2. The minimum Gasteiger partial charge on any atom is -0.410 e. The molecule has 0 saturated carbocycles. The Kier molecular flexibility index (Phi) is 2.37. The van der Waals surface area contributed by atoms with E-state index in [0.717, 1.165) is 25.1 Å². The fraction of sp³-hybridized carbons (Fsp3) is 0.300. The van der Waals surface area contributed by atoms with Crippen LogP contribution in [0.3, 0.4) is 0 Å². The highest BCUT2D eigenvalue weighted by atomic mass is 16.5. The Hall–Kier alpha value is -1.55. The number of hydrogen-bond acceptors (Lipinski definition) is 3. The molecule has 0 fully saturated rings. The van der Waals surface area contributed by atoms with Crippen molar-refractivity contribution in [2.45, 2.75) is 13.0 Å². The molecule has 74 valence electrons. The lowest BCUT2D eigenvalue weighted by Gasteiger charge is -2.19. The summed E-state index contributed by atoms with van der Waals surface area (Å²) >= 11 is 0. The van der Waals surface area contributed by atoms with Crippen molar-refractivity contribution in [3.63, 3.8) is 0 Å². The summed E-state index contributed by atoms with van der Waals surface area (Å²) in [5, 5.41) is 3.22. The molecule has 1 aromatic rings. The number of nitrogens with one attached hydrogen (secondary N) is 1. The molecule has 0 aromatic heterocycles. The van der Waals surface area contributed by atoms with E-state index in [-0.39, 0.29) is 0 Å². The fourth-order valence-corrected chi connectivity index (χ4v) is 1.69. The minimum atomic E-state index is -0.760. The van der Waals surface area contributed by atoms with Crippen LogP contribution in [-0.4, -0.2) is 12.6 Å². The van der Waals surface area contributed by atoms with E-state index < -0.39 is 6.09 Å². The first kappa shape index (κ1) is 9.02. The molecule has 1 aromatic carbocycles. The van der Waals surface area contributed by atoms with Crippen molar-refractivity contribution in [3.8, 4) is 5.75 Å². The molecule has 0 radical (unpaired) electrons. The molecule has 1 amide bonds. The van der Waals surface area contributed by atoms with Gasteiger partial charge in [0.05, 0.1) is 0 Å². The van der Waals surface area contributed by atoms with Crippen molar-refractivity contribution < 1.29 is 9.53 Å². The van der Waals surface area contributed by atoms with Gasteiger partial charge < -0.3 is 15.8 Å². The van der Waals surface area contributed by atoms with Crippen LogP contribution in [0.25, 0.3) is 0 Å². The first-order valence-corrected chi connectivity index (χ1v) is 4.56. The maximum absolute atomic E-state index is 10.6. The van der Waals surface area contributed by atoms with Crippen molar-refractivity contribution >= 4 is 6.09 Å². The van der Waals surface area contributed by atoms with E-state index >= 15 is 0 Å². The van der Waals surface area contributed by atoms with E-state index in [1.54, 1.807) is 6.07 Å². The minimum absolute atomic E-state index is 0.571. The van der Waals surface area contributed by atoms with E-state index in [1.165, 1.54) is 5.56 Å². The number of hydrogen-bond donors (Lipinski definition) is 2. The highest BCUT2D eigenvalue weighted by Crippen LogP contribution is 2.24. The van der Waals surface area contributed by atoms with Gasteiger partial charge in [0.1, 0.15) is 5.75 Å². The summed E-state index contributed by atoms with van der Waals surface area (Å²) < 4.78 is 4.91. The second-order valence-electron chi connectivity index (χ2n) is 3.24. The zero-order chi connectivity index (χ0) is 9.97. The molecule has 2 rings (SSSR count). The first-order chi connectivity index (χ1) is 6.77. The van der Waals surface area contributed by atoms with Crippen LogP contribution in [0.2, 0.25) is 0 Å². The largest absolute Gasteiger partial charge is 0.410 e. The van der Waals surface area contributed by atoms with Crippen molar-refractivity contribution in [2.75, 3.05) is 6.54 Å². The van der Waals surface area contributed by atoms with Gasteiger partial charge in [0.15, 0.2) is 0 Å². The van der Waals surface area contributed by atoms with Gasteiger partial charge in [-0.2, -0.15) is 0 Å². The van der Waals surface area contributed by atoms with Gasteiger partial charge in [-0.3, -0.25) is 0 Å². The second kappa shape index (κ2) is 3.67. The molecule has 3 N–H and O–H groups in total. The fourth-order valence-electron chi connectivity index (χ4n) is 1.69. The summed E-state index contributed by atoms with van der Waals surface area (Å²) in [6, 6.07) is 5.68. The van der Waals surface area contributed by atoms with E-state index in [2.05, 4.69) is 5.32 Å². The third kappa shape index (κ3) is 1.70. The van der Waals surface area contributed by atoms with Crippen LogP contribution in [0.15, 0.2) is 18.2 Å². The van der Waals surface area contributed by atoms with Crippen LogP contribution in [0, 0.1) is 0 Å². The lowest BCUT2D eigenvalue weighted by molar-refractivity contribution is 0.210. The molecule has 1 aliphatic rings. The molecule has 4 nitrogen and oxygen atoms in total. The molecule has 0 bridgehead atoms. The standard InChI is InChI=1S/C10H12N2O2/c11-10(13)14-9-3-1-2-7-4-5-12-6-8(7)9/h1-3,12H,4-6H2,(H2,11,13). The Morgan fingerprint density at radius 2 is 2.36 bits per heavy atom. The molecule has 0 aliphatic carbocycles. The second-order valence-corrected chi connectivity index (χ2v) is 3.24. The van der Waals surface area contributed by atoms with Crippen LogP contribution in [0.5, 0.6) is 5.75 Å². The number of fused-ring (bicyclic) bond motifs is 1. The monoisotopic (exact) mass is 192 g/mol. The molecule has 0 spiro atoms. The van der Waals surface area contributed by atoms with Gasteiger partial charge in [0.2, 0.25) is 0 Å². The van der Waals surface area contributed by atoms with Gasteiger partial charge in [-0.1, -0.05) is 12.1 Å². The molecule has 1 aliphatic heterocycles. The Morgan fingerprint density at radius 1 is 1.50 bits per heavy atom. The number of nitrogens with two attached hydrogens (primary N) is 1. The molecule has 1 heterocycles. The molecule has 0 atom stereocenters. The third-order valence-corrected chi connectivity index (χ3v) is 2.31. The number of carbonyl (C=O) groups excluding carboxylic acids is 1. The SMILES string of the molecule is NC(=O)Oc1cccc2c1CNCC2. The number of amides is 1. The quantitative estimate of drug-likeness (QED) is 0.691. The lowest BCUT2D eigenvalue weighted by atomic mass is 10.0. The normalized spacial score (nSPS) is 14.6. The first-order valence-electron chi connectivity index (χ1n) is 4.56. The molecule has 0 unspecified atom stereocenters. The molecule has 14 heavy (non-hydrogen) atoms. The Labute approximate surface area is 82.1 Å². The van der Waals surface area contributed by atoms with E-state index in [4.69, 9.17) is 10.5 Å². The number of benzene rings is 1. The molecule has 4 heteroatoms. The topological polar surface area (TPSA) is 64.4 Å². The third-order valence-electron chi connectivity index (χ3n) is 2.31. The van der Waals surface area contributed by atoms with Crippen LogP contribution in [-0.2, 0) is 13.0 Å². The highest BCUT2D eigenvalue weighted by Gasteiger charge is 2.14. The van der Waals surface area contributed by atoms with Crippen molar-refractivity contribution in [1.82, 2.24) is 5.32 Å². The Balaban J connectivity index is 2.35. The molecule has 0 saturated heterocycles. The van der Waals surface area contributed by atoms with Crippen molar-refractivity contribution in [3.05, 3.63) is 29.3 Å². The van der Waals surface area contributed by atoms with Crippen molar-refractivity contribution in [1.29, 1.82) is 0 Å². The van der Waals surface area contributed by atoms with Crippen LogP contribution in [0.4, 0.5) is 4.79 Å². The van der Waals surface area contributed by atoms with Crippen molar-refractivity contribution in [2.24, 2.45) is 5.73 Å². The van der Waals surface area contributed by atoms with E-state index in [0.29, 0.717) is 5.75 Å². The summed E-state index contributed by atoms with van der Waals surface area (Å²) in [5.41, 5.74) is 7.24. The lowest BCUT2D eigenvalue weighted by Crippen LogP contribution is -2.25. The smallest absolute Gasteiger partial charge is 0.409 e. The van der Waals surface area contributed by atoms with Gasteiger partial charge in [-0.05, 0) is 24.6 Å². The Morgan fingerprint density at radius 3 is 3.14 bits per heavy atom. The Bertz CT molecular complexity index is 363. The zero-order valence-electron chi connectivity index (χ0n) is 7.75. The van der Waals surface area contributed by atoms with Crippen LogP contribution < -0.4 is 15.8 Å². The number of rotatable bonds is 1. The average Bonchev–Trinajstić information content (AvgIpc) is 2.18. The van der Waals surface area contributed by atoms with Crippen LogP contribution >= 0.6 is 0 Å². The summed E-state index contributed by atoms with van der Waals surface area (Å²) in [4.78, 5) is 10.6. The summed E-state index contributed by atoms with van der Waals surface area (Å²) in [5.74, 6) is 0.571. The van der Waals surface area contributed by atoms with E-state index in [9.17, 15) is 4.79 Å². The average molecular weight is 192 g/mol.